The molecule has 0 aliphatic heterocycles. The van der Waals surface area contributed by atoms with Crippen molar-refractivity contribution in [1.29, 1.82) is 0 Å². The van der Waals surface area contributed by atoms with E-state index >= 15 is 0 Å². The molecule has 1 nitrogen and oxygen atoms in total. The molecule has 4 rings (SSSR count). The highest BCUT2D eigenvalue weighted by Crippen LogP contribution is 2.67. The van der Waals surface area contributed by atoms with E-state index in [4.69, 9.17) is 0 Å². The van der Waals surface area contributed by atoms with Crippen LogP contribution in [0.2, 0.25) is 0 Å². The van der Waals surface area contributed by atoms with Gasteiger partial charge < -0.3 is 5.11 Å². The second kappa shape index (κ2) is 7.68. The summed E-state index contributed by atoms with van der Waals surface area (Å²) in [6, 6.07) is 0. The van der Waals surface area contributed by atoms with Crippen molar-refractivity contribution in [3.63, 3.8) is 0 Å². The van der Waals surface area contributed by atoms with Gasteiger partial charge in [-0.2, -0.15) is 0 Å². The molecule has 3 fully saturated rings. The summed E-state index contributed by atoms with van der Waals surface area (Å²) in [6.45, 7) is 14.2. The van der Waals surface area contributed by atoms with Gasteiger partial charge in [0.15, 0.2) is 0 Å². The summed E-state index contributed by atoms with van der Waals surface area (Å²) >= 11 is 0. The molecule has 0 saturated heterocycles. The molecule has 0 amide bonds. The highest BCUT2D eigenvalue weighted by atomic mass is 16.3. The first-order chi connectivity index (χ1) is 13.3. The molecular weight excluding hydrogens is 340 g/mol. The number of aliphatic hydroxyl groups is 1. The predicted octanol–water partition coefficient (Wildman–Crippen LogP) is 7.20. The zero-order valence-corrected chi connectivity index (χ0v) is 19.1. The summed E-state index contributed by atoms with van der Waals surface area (Å²) in [5.74, 6) is 5.13. The molecule has 9 atom stereocenters. The van der Waals surface area contributed by atoms with Crippen LogP contribution in [0.25, 0.3) is 0 Å². The van der Waals surface area contributed by atoms with Gasteiger partial charge in [-0.1, -0.05) is 38.8 Å². The van der Waals surface area contributed by atoms with E-state index in [9.17, 15) is 5.11 Å². The molecule has 28 heavy (non-hydrogen) atoms. The first-order valence-electron chi connectivity index (χ1n) is 12.5. The van der Waals surface area contributed by atoms with Gasteiger partial charge in [-0.25, -0.2) is 0 Å². The van der Waals surface area contributed by atoms with Crippen LogP contribution in [0.15, 0.2) is 11.6 Å². The molecule has 0 heterocycles. The number of hydrogen-bond donors (Lipinski definition) is 1. The smallest absolute Gasteiger partial charge is 0.0925 e. The van der Waals surface area contributed by atoms with Crippen LogP contribution in [0.4, 0.5) is 0 Å². The van der Waals surface area contributed by atoms with Gasteiger partial charge in [0.1, 0.15) is 0 Å². The Balaban J connectivity index is 1.49. The van der Waals surface area contributed by atoms with E-state index in [1.165, 1.54) is 57.8 Å². The molecule has 0 aromatic heterocycles. The van der Waals surface area contributed by atoms with Gasteiger partial charge in [-0.3, -0.25) is 0 Å². The van der Waals surface area contributed by atoms with Gasteiger partial charge in [0.2, 0.25) is 0 Å². The lowest BCUT2D eigenvalue weighted by molar-refractivity contribution is -0.0572. The summed E-state index contributed by atoms with van der Waals surface area (Å²) in [6.07, 6.45) is 16.9. The Bertz CT molecular complexity index is 591. The summed E-state index contributed by atoms with van der Waals surface area (Å²) < 4.78 is 0. The van der Waals surface area contributed by atoms with Gasteiger partial charge in [0.25, 0.3) is 0 Å². The van der Waals surface area contributed by atoms with Crippen molar-refractivity contribution in [1.82, 2.24) is 0 Å². The number of hydrogen-bond acceptors (Lipinski definition) is 1. The molecule has 1 N–H and O–H groups in total. The molecule has 0 radical (unpaired) electrons. The average Bonchev–Trinajstić information content (AvgIpc) is 2.99. The molecule has 0 aromatic carbocycles. The SMILES string of the molecule is [CH2+]C(C)CCCC(C)C1CCC2C3CC=C4CC(O)CCC4(C)C3CCC12C. The van der Waals surface area contributed by atoms with Crippen molar-refractivity contribution in [2.24, 2.45) is 46.3 Å². The van der Waals surface area contributed by atoms with Gasteiger partial charge >= 0.3 is 0 Å². The molecule has 0 spiro atoms. The normalized spacial score (nSPS) is 47.5. The minimum atomic E-state index is -0.0810. The topological polar surface area (TPSA) is 20.2 Å². The van der Waals surface area contributed by atoms with Crippen LogP contribution in [-0.2, 0) is 0 Å². The molecule has 0 bridgehead atoms. The van der Waals surface area contributed by atoms with E-state index < -0.39 is 0 Å². The van der Waals surface area contributed by atoms with Crippen LogP contribution in [0.1, 0.15) is 98.3 Å². The van der Waals surface area contributed by atoms with Gasteiger partial charge in [0, 0.05) is 0 Å². The van der Waals surface area contributed by atoms with Crippen molar-refractivity contribution in [2.45, 2.75) is 104 Å². The predicted molar refractivity (Wildman–Crippen MR) is 119 cm³/mol. The maximum absolute atomic E-state index is 10.2. The van der Waals surface area contributed by atoms with Gasteiger partial charge in [-0.15, -0.1) is 0 Å². The number of allylic oxidation sites excluding steroid dienone is 1. The third-order valence-electron chi connectivity index (χ3n) is 10.2. The quantitative estimate of drug-likeness (QED) is 0.392. The molecule has 4 aliphatic rings. The van der Waals surface area contributed by atoms with E-state index in [1.807, 2.05) is 0 Å². The van der Waals surface area contributed by atoms with E-state index in [1.54, 1.807) is 5.57 Å². The Morgan fingerprint density at radius 3 is 2.61 bits per heavy atom. The Morgan fingerprint density at radius 2 is 1.86 bits per heavy atom. The molecule has 3 saturated carbocycles. The van der Waals surface area contributed by atoms with Crippen LogP contribution < -0.4 is 0 Å². The lowest BCUT2D eigenvalue weighted by Gasteiger charge is -2.58. The number of rotatable bonds is 5. The summed E-state index contributed by atoms with van der Waals surface area (Å²) in [7, 11) is 0. The lowest BCUT2D eigenvalue weighted by atomic mass is 9.47. The highest BCUT2D eigenvalue weighted by molar-refractivity contribution is 5.25. The monoisotopic (exact) mass is 385 g/mol. The van der Waals surface area contributed by atoms with Crippen molar-refractivity contribution < 1.29 is 5.11 Å². The molecule has 0 aromatic rings. The van der Waals surface area contributed by atoms with E-state index in [0.29, 0.717) is 16.7 Å². The van der Waals surface area contributed by atoms with Crippen LogP contribution in [0.3, 0.4) is 0 Å². The second-order valence-electron chi connectivity index (χ2n) is 11.9. The molecule has 4 aliphatic carbocycles. The van der Waals surface area contributed by atoms with Crippen molar-refractivity contribution in [3.8, 4) is 0 Å². The van der Waals surface area contributed by atoms with Crippen LogP contribution >= 0.6 is 0 Å². The van der Waals surface area contributed by atoms with Crippen molar-refractivity contribution in [3.05, 3.63) is 18.6 Å². The van der Waals surface area contributed by atoms with Crippen molar-refractivity contribution >= 4 is 0 Å². The first kappa shape index (κ1) is 20.8. The van der Waals surface area contributed by atoms with E-state index in [-0.39, 0.29) is 6.10 Å². The minimum absolute atomic E-state index is 0.0810. The second-order valence-corrected chi connectivity index (χ2v) is 11.9. The third kappa shape index (κ3) is 3.38. The fourth-order valence-corrected chi connectivity index (χ4v) is 8.61. The average molecular weight is 386 g/mol. The first-order valence-corrected chi connectivity index (χ1v) is 12.5. The lowest BCUT2D eigenvalue weighted by Crippen LogP contribution is -2.50. The Morgan fingerprint density at radius 1 is 1.07 bits per heavy atom. The van der Waals surface area contributed by atoms with Gasteiger partial charge in [-0.05, 0) is 112 Å². The van der Waals surface area contributed by atoms with E-state index in [2.05, 4.69) is 40.7 Å². The van der Waals surface area contributed by atoms with Crippen LogP contribution in [0, 0.1) is 53.3 Å². The number of fused-ring (bicyclic) bond motifs is 5. The van der Waals surface area contributed by atoms with Crippen LogP contribution in [-0.4, -0.2) is 11.2 Å². The highest BCUT2D eigenvalue weighted by Gasteiger charge is 2.59. The summed E-state index contributed by atoms with van der Waals surface area (Å²) in [5, 5.41) is 10.2. The number of aliphatic hydroxyl groups excluding tert-OH is 1. The maximum Gasteiger partial charge on any atom is 0.0925 e. The summed E-state index contributed by atoms with van der Waals surface area (Å²) in [4.78, 5) is 0. The molecule has 158 valence electrons. The van der Waals surface area contributed by atoms with E-state index in [0.717, 1.165) is 42.4 Å². The molecule has 1 heteroatoms. The molecule has 9 unspecified atom stereocenters. The molecular formula is C27H45O+. The Hall–Kier alpha value is -0.430. The fraction of sp³-hybridized carbons (Fsp3) is 0.889. The zero-order valence-electron chi connectivity index (χ0n) is 19.1. The fourth-order valence-electron chi connectivity index (χ4n) is 8.61. The van der Waals surface area contributed by atoms with Gasteiger partial charge in [0.05, 0.1) is 18.9 Å². The largest absolute Gasteiger partial charge is 0.393 e. The zero-order chi connectivity index (χ0) is 20.1. The van der Waals surface area contributed by atoms with Crippen LogP contribution in [0.5, 0.6) is 0 Å². The third-order valence-corrected chi connectivity index (χ3v) is 10.2. The minimum Gasteiger partial charge on any atom is -0.393 e. The maximum atomic E-state index is 10.2. The summed E-state index contributed by atoms with van der Waals surface area (Å²) in [5.41, 5.74) is 2.57. The Labute approximate surface area is 174 Å². The Kier molecular flexibility index (Phi) is 5.71. The standard InChI is InChI=1S/C27H45O/c1-18(2)7-6-8-19(3)23-11-12-24-22-10-9-20-17-21(28)13-15-26(20,4)25(22)14-16-27(23,24)5/h9,18-19,21-25,28H,1,6-8,10-17H2,2-5H3/q+1. The van der Waals surface area contributed by atoms with Crippen molar-refractivity contribution in [2.75, 3.05) is 0 Å².